The number of amides is 1. The number of para-hydroxylation sites is 1. The average Bonchev–Trinajstić information content (AvgIpc) is 3.06. The number of carbonyl (C=O) groups excluding carboxylic acids is 3. The quantitative estimate of drug-likeness (QED) is 0.350. The lowest BCUT2D eigenvalue weighted by Gasteiger charge is -2.22. The minimum absolute atomic E-state index is 0.126. The molecule has 1 amide bonds. The van der Waals surface area contributed by atoms with Gasteiger partial charge in [0.1, 0.15) is 5.71 Å². The number of methoxy groups -OCH3 is 1. The maximum absolute atomic E-state index is 12.7. The Hall–Kier alpha value is -3.26. The summed E-state index contributed by atoms with van der Waals surface area (Å²) in [5, 5.41) is 5.36. The molecular formula is C23H27N3O5. The standard InChI is InChI=1S/C23H27N3O5/c1-16-14-19(17(2)25(16)12-7-13-30-3)21(27)15-31-23(29)20-10-11-22(28)26(24-20)18-8-5-4-6-9-18/h4-6,8-9,14H,7,10-13,15H2,1-3H3. The van der Waals surface area contributed by atoms with Gasteiger partial charge in [0.25, 0.3) is 0 Å². The number of carbonyl (C=O) groups is 3. The third kappa shape index (κ3) is 5.27. The summed E-state index contributed by atoms with van der Waals surface area (Å²) < 4.78 is 12.4. The highest BCUT2D eigenvalue weighted by molar-refractivity contribution is 6.38. The van der Waals surface area contributed by atoms with Crippen molar-refractivity contribution in [2.75, 3.05) is 25.3 Å². The lowest BCUT2D eigenvalue weighted by Crippen LogP contribution is -2.35. The van der Waals surface area contributed by atoms with Crippen LogP contribution in [0.4, 0.5) is 5.69 Å². The van der Waals surface area contributed by atoms with Crippen LogP contribution in [0.25, 0.3) is 0 Å². The van der Waals surface area contributed by atoms with Gasteiger partial charge in [0.15, 0.2) is 6.61 Å². The van der Waals surface area contributed by atoms with Gasteiger partial charge in [-0.15, -0.1) is 0 Å². The first-order valence-corrected chi connectivity index (χ1v) is 10.2. The van der Waals surface area contributed by atoms with E-state index in [1.54, 1.807) is 31.4 Å². The number of anilines is 1. The van der Waals surface area contributed by atoms with Crippen LogP contribution < -0.4 is 5.01 Å². The first-order chi connectivity index (χ1) is 14.9. The van der Waals surface area contributed by atoms with Gasteiger partial charge in [0.05, 0.1) is 5.69 Å². The molecule has 1 aliphatic rings. The molecule has 0 unspecified atom stereocenters. The van der Waals surface area contributed by atoms with E-state index in [0.29, 0.717) is 17.9 Å². The Labute approximate surface area is 181 Å². The van der Waals surface area contributed by atoms with E-state index in [2.05, 4.69) is 9.67 Å². The number of Topliss-reactive ketones (excluding diaryl/α,β-unsaturated/α-hetero) is 1. The Morgan fingerprint density at radius 1 is 1.13 bits per heavy atom. The normalized spacial score (nSPS) is 13.8. The molecule has 31 heavy (non-hydrogen) atoms. The Bertz CT molecular complexity index is 994. The highest BCUT2D eigenvalue weighted by Gasteiger charge is 2.27. The zero-order valence-electron chi connectivity index (χ0n) is 18.1. The Morgan fingerprint density at radius 2 is 1.87 bits per heavy atom. The molecule has 8 heteroatoms. The summed E-state index contributed by atoms with van der Waals surface area (Å²) in [5.74, 6) is -1.15. The van der Waals surface area contributed by atoms with Gasteiger partial charge in [-0.25, -0.2) is 9.80 Å². The number of hydrogen-bond donors (Lipinski definition) is 0. The second kappa shape index (κ2) is 10.2. The van der Waals surface area contributed by atoms with Crippen LogP contribution in [-0.4, -0.2) is 48.3 Å². The maximum Gasteiger partial charge on any atom is 0.354 e. The number of aryl methyl sites for hydroxylation is 1. The van der Waals surface area contributed by atoms with Crippen molar-refractivity contribution in [1.29, 1.82) is 0 Å². The van der Waals surface area contributed by atoms with Gasteiger partial charge in [-0.05, 0) is 38.5 Å². The van der Waals surface area contributed by atoms with Gasteiger partial charge in [0, 0.05) is 50.1 Å². The molecule has 0 bridgehead atoms. The summed E-state index contributed by atoms with van der Waals surface area (Å²) in [5.41, 5.74) is 3.05. The van der Waals surface area contributed by atoms with Crippen LogP contribution in [0, 0.1) is 13.8 Å². The minimum Gasteiger partial charge on any atom is -0.453 e. The molecule has 2 heterocycles. The van der Waals surface area contributed by atoms with Crippen molar-refractivity contribution in [2.45, 2.75) is 39.7 Å². The van der Waals surface area contributed by atoms with E-state index in [-0.39, 0.29) is 36.9 Å². The Balaban J connectivity index is 1.65. The number of ether oxygens (including phenoxy) is 2. The minimum atomic E-state index is -0.685. The molecule has 0 spiro atoms. The average molecular weight is 425 g/mol. The third-order valence-corrected chi connectivity index (χ3v) is 5.21. The smallest absolute Gasteiger partial charge is 0.354 e. The number of esters is 1. The molecule has 1 aliphatic heterocycles. The van der Waals surface area contributed by atoms with Crippen molar-refractivity contribution in [1.82, 2.24) is 4.57 Å². The molecule has 0 saturated carbocycles. The molecule has 164 valence electrons. The van der Waals surface area contributed by atoms with Crippen molar-refractivity contribution in [3.63, 3.8) is 0 Å². The fourth-order valence-corrected chi connectivity index (χ4v) is 3.56. The van der Waals surface area contributed by atoms with E-state index in [0.717, 1.165) is 24.4 Å². The molecule has 0 radical (unpaired) electrons. The number of hydrazone groups is 1. The summed E-state index contributed by atoms with van der Waals surface area (Å²) in [7, 11) is 1.66. The largest absolute Gasteiger partial charge is 0.453 e. The first-order valence-electron chi connectivity index (χ1n) is 10.2. The predicted octanol–water partition coefficient (Wildman–Crippen LogP) is 3.05. The zero-order chi connectivity index (χ0) is 22.4. The van der Waals surface area contributed by atoms with E-state index in [4.69, 9.17) is 9.47 Å². The van der Waals surface area contributed by atoms with Crippen LogP contribution in [0.3, 0.4) is 0 Å². The summed E-state index contributed by atoms with van der Waals surface area (Å²) >= 11 is 0. The fraction of sp³-hybridized carbons (Fsp3) is 0.391. The van der Waals surface area contributed by atoms with Gasteiger partial charge in [-0.3, -0.25) is 9.59 Å². The monoisotopic (exact) mass is 425 g/mol. The second-order valence-corrected chi connectivity index (χ2v) is 7.37. The topological polar surface area (TPSA) is 90.2 Å². The van der Waals surface area contributed by atoms with Crippen LogP contribution in [-0.2, 0) is 25.6 Å². The van der Waals surface area contributed by atoms with E-state index in [1.807, 2.05) is 26.0 Å². The molecule has 2 aromatic rings. The highest BCUT2D eigenvalue weighted by Crippen LogP contribution is 2.20. The molecule has 8 nitrogen and oxygen atoms in total. The number of rotatable bonds is 9. The van der Waals surface area contributed by atoms with Gasteiger partial charge in [-0.1, -0.05) is 18.2 Å². The lowest BCUT2D eigenvalue weighted by molar-refractivity contribution is -0.134. The summed E-state index contributed by atoms with van der Waals surface area (Å²) in [6.45, 7) is 4.83. The van der Waals surface area contributed by atoms with E-state index in [1.165, 1.54) is 5.01 Å². The molecule has 0 aliphatic carbocycles. The highest BCUT2D eigenvalue weighted by atomic mass is 16.5. The molecule has 3 rings (SSSR count). The summed E-state index contributed by atoms with van der Waals surface area (Å²) in [6.07, 6.45) is 1.18. The second-order valence-electron chi connectivity index (χ2n) is 7.37. The lowest BCUT2D eigenvalue weighted by atomic mass is 10.1. The van der Waals surface area contributed by atoms with Crippen molar-refractivity contribution in [2.24, 2.45) is 5.10 Å². The molecule has 0 N–H and O–H groups in total. The summed E-state index contributed by atoms with van der Waals surface area (Å²) in [6, 6.07) is 10.7. The van der Waals surface area contributed by atoms with Crippen molar-refractivity contribution >= 4 is 29.1 Å². The van der Waals surface area contributed by atoms with E-state index < -0.39 is 5.97 Å². The number of hydrogen-bond acceptors (Lipinski definition) is 6. The van der Waals surface area contributed by atoms with Crippen LogP contribution in [0.15, 0.2) is 41.5 Å². The number of nitrogens with zero attached hydrogens (tertiary/aromatic N) is 3. The number of aromatic nitrogens is 1. The molecule has 1 aromatic heterocycles. The van der Waals surface area contributed by atoms with E-state index in [9.17, 15) is 14.4 Å². The Kier molecular flexibility index (Phi) is 7.36. The van der Waals surface area contributed by atoms with Gasteiger partial charge in [-0.2, -0.15) is 5.10 Å². The molecule has 0 saturated heterocycles. The van der Waals surface area contributed by atoms with E-state index >= 15 is 0 Å². The first kappa shape index (κ1) is 22.4. The molecule has 0 fully saturated rings. The van der Waals surface area contributed by atoms with Gasteiger partial charge >= 0.3 is 5.97 Å². The predicted molar refractivity (Wildman–Crippen MR) is 116 cm³/mol. The Morgan fingerprint density at radius 3 is 2.58 bits per heavy atom. The maximum atomic E-state index is 12.7. The van der Waals surface area contributed by atoms with Gasteiger partial charge in [0.2, 0.25) is 11.7 Å². The van der Waals surface area contributed by atoms with Crippen LogP contribution >= 0.6 is 0 Å². The van der Waals surface area contributed by atoms with Crippen LogP contribution in [0.5, 0.6) is 0 Å². The fourth-order valence-electron chi connectivity index (χ4n) is 3.56. The van der Waals surface area contributed by atoms with Crippen molar-refractivity contribution in [3.8, 4) is 0 Å². The summed E-state index contributed by atoms with van der Waals surface area (Å²) in [4.78, 5) is 37.3. The zero-order valence-corrected chi connectivity index (χ0v) is 18.1. The third-order valence-electron chi connectivity index (χ3n) is 5.21. The van der Waals surface area contributed by atoms with Crippen molar-refractivity contribution in [3.05, 3.63) is 53.3 Å². The molecule has 0 atom stereocenters. The molecule has 1 aromatic carbocycles. The molecular weight excluding hydrogens is 398 g/mol. The van der Waals surface area contributed by atoms with Crippen molar-refractivity contribution < 1.29 is 23.9 Å². The van der Waals surface area contributed by atoms with Gasteiger partial charge < -0.3 is 14.0 Å². The SMILES string of the molecule is COCCCn1c(C)cc(C(=O)COC(=O)C2=NN(c3ccccc3)C(=O)CC2)c1C. The number of ketones is 1. The van der Waals surface area contributed by atoms with Crippen LogP contribution in [0.1, 0.15) is 41.0 Å². The number of benzene rings is 1. The van der Waals surface area contributed by atoms with Crippen LogP contribution in [0.2, 0.25) is 0 Å².